The Bertz CT molecular complexity index is 215. The zero-order chi connectivity index (χ0) is 12.7. The summed E-state index contributed by atoms with van der Waals surface area (Å²) in [6.07, 6.45) is 9.01. The first-order valence-corrected chi connectivity index (χ1v) is 7.56. The minimum Gasteiger partial charge on any atom is -0.360 e. The lowest BCUT2D eigenvalue weighted by Gasteiger charge is -2.33. The lowest BCUT2D eigenvalue weighted by atomic mass is 9.87. The number of hydrogen-bond donors (Lipinski definition) is 1. The van der Waals surface area contributed by atoms with Gasteiger partial charge in [-0.15, -0.1) is 0 Å². The van der Waals surface area contributed by atoms with Crippen LogP contribution < -0.4 is 0 Å². The molecule has 0 spiro atoms. The Balaban J connectivity index is 2.50. The Hall–Kier alpha value is -0.530. The molecule has 1 rings (SSSR count). The molecule has 0 aliphatic heterocycles. The minimum atomic E-state index is 0.554. The summed E-state index contributed by atoms with van der Waals surface area (Å²) in [6.45, 7) is 8.84. The lowest BCUT2D eigenvalue weighted by molar-refractivity contribution is 0.305. The summed E-state index contributed by atoms with van der Waals surface area (Å²) < 4.78 is 0. The molecule has 0 bridgehead atoms. The van der Waals surface area contributed by atoms with Gasteiger partial charge in [0.05, 0.1) is 5.84 Å². The standard InChI is InChI=1S/C15H30N2/c1-4-13(5-2)12-17(6-3)15(16)14-10-8-7-9-11-14/h13-14,16H,4-12H2,1-3H3. The molecule has 17 heavy (non-hydrogen) atoms. The molecule has 0 radical (unpaired) electrons. The van der Waals surface area contributed by atoms with Crippen molar-refractivity contribution in [2.45, 2.75) is 65.7 Å². The van der Waals surface area contributed by atoms with Gasteiger partial charge in [0.25, 0.3) is 0 Å². The molecule has 0 aromatic heterocycles. The van der Waals surface area contributed by atoms with Crippen molar-refractivity contribution in [2.24, 2.45) is 11.8 Å². The van der Waals surface area contributed by atoms with Crippen LogP contribution in [0.5, 0.6) is 0 Å². The number of nitrogens with zero attached hydrogens (tertiary/aromatic N) is 1. The first-order chi connectivity index (χ1) is 8.22. The van der Waals surface area contributed by atoms with Crippen molar-refractivity contribution in [2.75, 3.05) is 13.1 Å². The largest absolute Gasteiger partial charge is 0.360 e. The van der Waals surface area contributed by atoms with E-state index in [-0.39, 0.29) is 0 Å². The van der Waals surface area contributed by atoms with Gasteiger partial charge in [-0.25, -0.2) is 0 Å². The molecule has 0 aromatic carbocycles. The molecule has 1 N–H and O–H groups in total. The van der Waals surface area contributed by atoms with Gasteiger partial charge in [-0.2, -0.15) is 0 Å². The predicted molar refractivity (Wildman–Crippen MR) is 75.6 cm³/mol. The average Bonchev–Trinajstić information content (AvgIpc) is 2.40. The first kappa shape index (κ1) is 14.5. The minimum absolute atomic E-state index is 0.554. The van der Waals surface area contributed by atoms with Crippen molar-refractivity contribution in [1.29, 1.82) is 5.41 Å². The average molecular weight is 238 g/mol. The van der Waals surface area contributed by atoms with Crippen molar-refractivity contribution in [1.82, 2.24) is 4.90 Å². The molecular formula is C15H30N2. The predicted octanol–water partition coefficient (Wildman–Crippen LogP) is 4.30. The molecule has 2 heteroatoms. The van der Waals surface area contributed by atoms with Crippen LogP contribution in [0.25, 0.3) is 0 Å². The molecule has 0 saturated heterocycles. The van der Waals surface area contributed by atoms with E-state index in [0.29, 0.717) is 5.92 Å². The van der Waals surface area contributed by atoms with Gasteiger partial charge in [0.1, 0.15) is 0 Å². The van der Waals surface area contributed by atoms with E-state index < -0.39 is 0 Å². The Morgan fingerprint density at radius 3 is 2.18 bits per heavy atom. The maximum absolute atomic E-state index is 8.41. The molecule has 1 aliphatic carbocycles. The highest BCUT2D eigenvalue weighted by atomic mass is 15.2. The van der Waals surface area contributed by atoms with Crippen LogP contribution in [0.3, 0.4) is 0 Å². The van der Waals surface area contributed by atoms with Gasteiger partial charge in [0.2, 0.25) is 0 Å². The maximum Gasteiger partial charge on any atom is 0.0989 e. The van der Waals surface area contributed by atoms with E-state index in [1.165, 1.54) is 44.9 Å². The summed E-state index contributed by atoms with van der Waals surface area (Å²) in [7, 11) is 0. The highest BCUT2D eigenvalue weighted by Crippen LogP contribution is 2.26. The molecule has 2 nitrogen and oxygen atoms in total. The fraction of sp³-hybridized carbons (Fsp3) is 0.933. The molecule has 1 aliphatic rings. The fourth-order valence-corrected chi connectivity index (χ4v) is 2.89. The third-order valence-corrected chi connectivity index (χ3v) is 4.35. The van der Waals surface area contributed by atoms with Crippen molar-refractivity contribution in [3.05, 3.63) is 0 Å². The second-order valence-corrected chi connectivity index (χ2v) is 5.44. The molecule has 0 amide bonds. The SMILES string of the molecule is CCC(CC)CN(CC)C(=N)C1CCCCC1. The molecule has 0 aromatic rings. The van der Waals surface area contributed by atoms with Crippen LogP contribution in [0, 0.1) is 17.2 Å². The lowest BCUT2D eigenvalue weighted by Crippen LogP contribution is -2.39. The Morgan fingerprint density at radius 2 is 1.71 bits per heavy atom. The third kappa shape index (κ3) is 4.33. The highest BCUT2D eigenvalue weighted by molar-refractivity contribution is 5.81. The first-order valence-electron chi connectivity index (χ1n) is 7.56. The summed E-state index contributed by atoms with van der Waals surface area (Å²) in [5.41, 5.74) is 0. The van der Waals surface area contributed by atoms with Crippen LogP contribution in [-0.2, 0) is 0 Å². The van der Waals surface area contributed by atoms with Crippen LogP contribution in [0.1, 0.15) is 65.7 Å². The molecule has 1 saturated carbocycles. The Kier molecular flexibility index (Phi) is 6.61. The quantitative estimate of drug-likeness (QED) is 0.542. The molecule has 0 unspecified atom stereocenters. The summed E-state index contributed by atoms with van der Waals surface area (Å²) in [6, 6.07) is 0. The van der Waals surface area contributed by atoms with Gasteiger partial charge in [-0.1, -0.05) is 46.0 Å². The highest BCUT2D eigenvalue weighted by Gasteiger charge is 2.22. The molecule has 1 fully saturated rings. The monoisotopic (exact) mass is 238 g/mol. The van der Waals surface area contributed by atoms with E-state index in [1.54, 1.807) is 0 Å². The number of hydrogen-bond acceptors (Lipinski definition) is 1. The van der Waals surface area contributed by atoms with Crippen molar-refractivity contribution in [3.63, 3.8) is 0 Å². The van der Waals surface area contributed by atoms with Crippen LogP contribution in [-0.4, -0.2) is 23.8 Å². The summed E-state index contributed by atoms with van der Waals surface area (Å²) in [4.78, 5) is 2.33. The molecule has 0 atom stereocenters. The molecular weight excluding hydrogens is 208 g/mol. The van der Waals surface area contributed by atoms with Gasteiger partial charge in [-0.3, -0.25) is 5.41 Å². The van der Waals surface area contributed by atoms with E-state index in [0.717, 1.165) is 24.8 Å². The second kappa shape index (κ2) is 7.73. The van der Waals surface area contributed by atoms with Gasteiger partial charge in [0.15, 0.2) is 0 Å². The van der Waals surface area contributed by atoms with E-state index >= 15 is 0 Å². The van der Waals surface area contributed by atoms with Gasteiger partial charge in [0, 0.05) is 19.0 Å². The van der Waals surface area contributed by atoms with E-state index in [1.807, 2.05) is 0 Å². The number of amidine groups is 1. The van der Waals surface area contributed by atoms with Crippen LogP contribution in [0.4, 0.5) is 0 Å². The maximum atomic E-state index is 8.41. The molecule has 100 valence electrons. The van der Waals surface area contributed by atoms with Crippen molar-refractivity contribution < 1.29 is 0 Å². The summed E-state index contributed by atoms with van der Waals surface area (Å²) in [5.74, 6) is 2.25. The van der Waals surface area contributed by atoms with E-state index in [9.17, 15) is 0 Å². The second-order valence-electron chi connectivity index (χ2n) is 5.44. The number of nitrogens with one attached hydrogen (secondary N) is 1. The third-order valence-electron chi connectivity index (χ3n) is 4.35. The summed E-state index contributed by atoms with van der Waals surface area (Å²) >= 11 is 0. The number of rotatable bonds is 6. The fourth-order valence-electron chi connectivity index (χ4n) is 2.89. The smallest absolute Gasteiger partial charge is 0.0989 e. The van der Waals surface area contributed by atoms with Crippen LogP contribution in [0.15, 0.2) is 0 Å². The van der Waals surface area contributed by atoms with Gasteiger partial charge >= 0.3 is 0 Å². The van der Waals surface area contributed by atoms with Crippen molar-refractivity contribution >= 4 is 5.84 Å². The topological polar surface area (TPSA) is 27.1 Å². The van der Waals surface area contributed by atoms with Crippen LogP contribution in [0.2, 0.25) is 0 Å². The van der Waals surface area contributed by atoms with E-state index in [4.69, 9.17) is 5.41 Å². The van der Waals surface area contributed by atoms with Crippen LogP contribution >= 0.6 is 0 Å². The Labute approximate surface area is 107 Å². The van der Waals surface area contributed by atoms with Crippen molar-refractivity contribution in [3.8, 4) is 0 Å². The Morgan fingerprint density at radius 1 is 1.12 bits per heavy atom. The zero-order valence-corrected chi connectivity index (χ0v) is 12.0. The normalized spacial score (nSPS) is 17.4. The molecule has 0 heterocycles. The van der Waals surface area contributed by atoms with Gasteiger partial charge in [-0.05, 0) is 25.7 Å². The van der Waals surface area contributed by atoms with E-state index in [2.05, 4.69) is 25.7 Å². The summed E-state index contributed by atoms with van der Waals surface area (Å²) in [5, 5.41) is 8.41. The van der Waals surface area contributed by atoms with Gasteiger partial charge < -0.3 is 4.90 Å². The zero-order valence-electron chi connectivity index (χ0n) is 12.0.